The first-order valence-electron chi connectivity index (χ1n) is 4.96. The third kappa shape index (κ3) is 9.44. The van der Waals surface area contributed by atoms with Crippen molar-refractivity contribution in [3.63, 3.8) is 0 Å². The summed E-state index contributed by atoms with van der Waals surface area (Å²) in [5, 5.41) is 11.2. The number of carbonyl (C=O) groups excluding carboxylic acids is 1. The van der Waals surface area contributed by atoms with Gasteiger partial charge in [0.05, 0.1) is 13.2 Å². The van der Waals surface area contributed by atoms with Gasteiger partial charge in [0.2, 0.25) is 5.91 Å². The molecule has 0 atom stereocenters. The lowest BCUT2D eigenvalue weighted by Gasteiger charge is -2.04. The average Bonchev–Trinajstić information content (AvgIpc) is 2.20. The molecule has 0 spiro atoms. The Balaban J connectivity index is 3.07. The highest BCUT2D eigenvalue weighted by Crippen LogP contribution is 1.86. The lowest BCUT2D eigenvalue weighted by atomic mass is 10.3. The van der Waals surface area contributed by atoms with Crippen LogP contribution in [0.1, 0.15) is 19.3 Å². The van der Waals surface area contributed by atoms with E-state index in [1.54, 1.807) is 0 Å². The van der Waals surface area contributed by atoms with E-state index < -0.39 is 0 Å². The van der Waals surface area contributed by atoms with Gasteiger partial charge in [-0.05, 0) is 19.4 Å². The standard InChI is InChI=1S/C9H20N2O3/c10-4-1-3-9(13)11-5-2-7-14-8-6-12/h12H,1-8,10H2,(H,11,13). The SMILES string of the molecule is NCCCC(=O)NCCCOCCO. The Morgan fingerprint density at radius 3 is 2.79 bits per heavy atom. The predicted octanol–water partition coefficient (Wildman–Crippen LogP) is -0.759. The second-order valence-corrected chi connectivity index (χ2v) is 2.93. The van der Waals surface area contributed by atoms with Crippen LogP contribution in [0.25, 0.3) is 0 Å². The molecule has 0 aliphatic heterocycles. The quantitative estimate of drug-likeness (QED) is 0.431. The van der Waals surface area contributed by atoms with Crippen LogP contribution in [0.4, 0.5) is 0 Å². The summed E-state index contributed by atoms with van der Waals surface area (Å²) in [5.74, 6) is 0.0395. The van der Waals surface area contributed by atoms with Gasteiger partial charge in [0.1, 0.15) is 0 Å². The summed E-state index contributed by atoms with van der Waals surface area (Å²) in [7, 11) is 0. The first-order chi connectivity index (χ1) is 6.81. The van der Waals surface area contributed by atoms with Gasteiger partial charge in [-0.2, -0.15) is 0 Å². The normalized spacial score (nSPS) is 10.1. The second kappa shape index (κ2) is 10.4. The molecule has 0 aromatic carbocycles. The van der Waals surface area contributed by atoms with E-state index in [9.17, 15) is 4.79 Å². The van der Waals surface area contributed by atoms with E-state index in [0.29, 0.717) is 32.7 Å². The van der Waals surface area contributed by atoms with Gasteiger partial charge >= 0.3 is 0 Å². The van der Waals surface area contributed by atoms with Crippen molar-refractivity contribution in [1.29, 1.82) is 0 Å². The fourth-order valence-electron chi connectivity index (χ4n) is 0.920. The highest BCUT2D eigenvalue weighted by Gasteiger charge is 1.98. The highest BCUT2D eigenvalue weighted by molar-refractivity contribution is 5.75. The summed E-state index contributed by atoms with van der Waals surface area (Å²) in [6.45, 7) is 2.14. The summed E-state index contributed by atoms with van der Waals surface area (Å²) < 4.78 is 5.02. The maximum Gasteiger partial charge on any atom is 0.220 e. The van der Waals surface area contributed by atoms with E-state index >= 15 is 0 Å². The zero-order chi connectivity index (χ0) is 10.6. The van der Waals surface area contributed by atoms with Crippen LogP contribution in [0.2, 0.25) is 0 Å². The van der Waals surface area contributed by atoms with Crippen LogP contribution in [0.15, 0.2) is 0 Å². The summed E-state index contributed by atoms with van der Waals surface area (Å²) >= 11 is 0. The first-order valence-corrected chi connectivity index (χ1v) is 4.96. The molecule has 5 heteroatoms. The van der Waals surface area contributed by atoms with Gasteiger partial charge in [-0.15, -0.1) is 0 Å². The summed E-state index contributed by atoms with van der Waals surface area (Å²) in [4.78, 5) is 11.0. The van der Waals surface area contributed by atoms with Gasteiger partial charge in [0.15, 0.2) is 0 Å². The molecule has 84 valence electrons. The number of hydrogen-bond donors (Lipinski definition) is 3. The molecule has 0 aliphatic rings. The number of aliphatic hydroxyl groups is 1. The summed E-state index contributed by atoms with van der Waals surface area (Å²) in [5.41, 5.74) is 5.26. The molecule has 0 rings (SSSR count). The van der Waals surface area contributed by atoms with E-state index in [1.807, 2.05) is 0 Å². The maximum atomic E-state index is 11.0. The minimum absolute atomic E-state index is 0.0395. The van der Waals surface area contributed by atoms with Crippen molar-refractivity contribution in [3.8, 4) is 0 Å². The van der Waals surface area contributed by atoms with Gasteiger partial charge in [0, 0.05) is 19.6 Å². The van der Waals surface area contributed by atoms with Crippen molar-refractivity contribution >= 4 is 5.91 Å². The van der Waals surface area contributed by atoms with Crippen molar-refractivity contribution in [1.82, 2.24) is 5.32 Å². The van der Waals surface area contributed by atoms with Gasteiger partial charge in [-0.1, -0.05) is 0 Å². The Kier molecular flexibility index (Phi) is 9.95. The maximum absolute atomic E-state index is 11.0. The molecule has 4 N–H and O–H groups in total. The number of carbonyl (C=O) groups is 1. The van der Waals surface area contributed by atoms with Crippen LogP contribution >= 0.6 is 0 Å². The highest BCUT2D eigenvalue weighted by atomic mass is 16.5. The molecular formula is C9H20N2O3. The number of nitrogens with two attached hydrogens (primary N) is 1. The van der Waals surface area contributed by atoms with E-state index in [2.05, 4.69) is 5.32 Å². The molecule has 0 aromatic rings. The lowest BCUT2D eigenvalue weighted by molar-refractivity contribution is -0.121. The Bertz CT molecular complexity index is 142. The van der Waals surface area contributed by atoms with Crippen molar-refractivity contribution in [2.24, 2.45) is 5.73 Å². The van der Waals surface area contributed by atoms with Crippen LogP contribution in [0, 0.1) is 0 Å². The smallest absolute Gasteiger partial charge is 0.220 e. The molecule has 0 aliphatic carbocycles. The second-order valence-electron chi connectivity index (χ2n) is 2.93. The van der Waals surface area contributed by atoms with E-state index in [1.165, 1.54) is 0 Å². The summed E-state index contributed by atoms with van der Waals surface area (Å²) in [6.07, 6.45) is 2.00. The van der Waals surface area contributed by atoms with Crippen molar-refractivity contribution in [2.75, 3.05) is 32.9 Å². The molecular weight excluding hydrogens is 184 g/mol. The minimum atomic E-state index is 0.0395. The van der Waals surface area contributed by atoms with Gasteiger partial charge in [-0.25, -0.2) is 0 Å². The molecule has 0 unspecified atom stereocenters. The molecule has 0 aromatic heterocycles. The molecule has 5 nitrogen and oxygen atoms in total. The fraction of sp³-hybridized carbons (Fsp3) is 0.889. The molecule has 0 saturated carbocycles. The monoisotopic (exact) mass is 204 g/mol. The molecule has 0 fully saturated rings. The largest absolute Gasteiger partial charge is 0.394 e. The Morgan fingerprint density at radius 1 is 1.36 bits per heavy atom. The number of rotatable bonds is 9. The average molecular weight is 204 g/mol. The Morgan fingerprint density at radius 2 is 2.14 bits per heavy atom. The lowest BCUT2D eigenvalue weighted by Crippen LogP contribution is -2.25. The molecule has 0 radical (unpaired) electrons. The number of nitrogens with one attached hydrogen (secondary N) is 1. The molecule has 0 bridgehead atoms. The van der Waals surface area contributed by atoms with Crippen LogP contribution in [-0.2, 0) is 9.53 Å². The van der Waals surface area contributed by atoms with Gasteiger partial charge in [0.25, 0.3) is 0 Å². The fourth-order valence-corrected chi connectivity index (χ4v) is 0.920. The summed E-state index contributed by atoms with van der Waals surface area (Å²) in [6, 6.07) is 0. The van der Waals surface area contributed by atoms with E-state index in [4.69, 9.17) is 15.6 Å². The van der Waals surface area contributed by atoms with E-state index in [-0.39, 0.29) is 12.5 Å². The number of hydrogen-bond acceptors (Lipinski definition) is 4. The van der Waals surface area contributed by atoms with Gasteiger partial charge in [-0.3, -0.25) is 4.79 Å². The molecule has 14 heavy (non-hydrogen) atoms. The number of amides is 1. The van der Waals surface area contributed by atoms with Crippen LogP contribution < -0.4 is 11.1 Å². The van der Waals surface area contributed by atoms with Crippen LogP contribution in [0.3, 0.4) is 0 Å². The molecule has 0 heterocycles. The Hall–Kier alpha value is -0.650. The predicted molar refractivity (Wildman–Crippen MR) is 53.8 cm³/mol. The van der Waals surface area contributed by atoms with Gasteiger partial charge < -0.3 is 20.9 Å². The van der Waals surface area contributed by atoms with Crippen LogP contribution in [-0.4, -0.2) is 43.9 Å². The zero-order valence-corrected chi connectivity index (χ0v) is 8.50. The first kappa shape index (κ1) is 13.4. The van der Waals surface area contributed by atoms with Crippen molar-refractivity contribution < 1.29 is 14.6 Å². The third-order valence-electron chi connectivity index (χ3n) is 1.63. The topological polar surface area (TPSA) is 84.6 Å². The van der Waals surface area contributed by atoms with Crippen molar-refractivity contribution in [3.05, 3.63) is 0 Å². The number of aliphatic hydroxyl groups excluding tert-OH is 1. The molecule has 1 amide bonds. The zero-order valence-electron chi connectivity index (χ0n) is 8.50. The third-order valence-corrected chi connectivity index (χ3v) is 1.63. The Labute approximate surface area is 84.6 Å². The van der Waals surface area contributed by atoms with Crippen LogP contribution in [0.5, 0.6) is 0 Å². The van der Waals surface area contributed by atoms with Crippen molar-refractivity contribution in [2.45, 2.75) is 19.3 Å². The minimum Gasteiger partial charge on any atom is -0.394 e. The molecule has 0 saturated heterocycles. The van der Waals surface area contributed by atoms with E-state index in [0.717, 1.165) is 12.8 Å². The number of ether oxygens (including phenoxy) is 1.